The van der Waals surface area contributed by atoms with E-state index in [1.807, 2.05) is 45.0 Å². The van der Waals surface area contributed by atoms with E-state index < -0.39 is 0 Å². The largest absolute Gasteiger partial charge is 0.491 e. The Morgan fingerprint density at radius 1 is 1.03 bits per heavy atom. The number of ether oxygens (including phenoxy) is 1. The second-order valence-corrected chi connectivity index (χ2v) is 7.81. The minimum atomic E-state index is -0.229. The molecule has 0 saturated heterocycles. The summed E-state index contributed by atoms with van der Waals surface area (Å²) >= 11 is 0. The van der Waals surface area contributed by atoms with Gasteiger partial charge in [0.05, 0.1) is 6.10 Å². The van der Waals surface area contributed by atoms with E-state index >= 15 is 0 Å². The van der Waals surface area contributed by atoms with Gasteiger partial charge in [0.25, 0.3) is 5.91 Å². The number of aromatic nitrogens is 5. The zero-order chi connectivity index (χ0) is 24.1. The van der Waals surface area contributed by atoms with Gasteiger partial charge in [0, 0.05) is 30.1 Å². The van der Waals surface area contributed by atoms with Crippen LogP contribution < -0.4 is 20.7 Å². The van der Waals surface area contributed by atoms with E-state index in [1.54, 1.807) is 36.0 Å². The first-order valence-corrected chi connectivity index (χ1v) is 10.8. The number of hydrogen-bond acceptors (Lipinski definition) is 8. The van der Waals surface area contributed by atoms with E-state index in [0.29, 0.717) is 34.6 Å². The normalized spacial score (nSPS) is 10.7. The minimum absolute atomic E-state index is 0.0262. The summed E-state index contributed by atoms with van der Waals surface area (Å²) in [5.74, 6) is 2.12. The molecule has 0 fully saturated rings. The van der Waals surface area contributed by atoms with Crippen molar-refractivity contribution in [2.45, 2.75) is 26.9 Å². The number of amides is 1. The molecule has 1 amide bonds. The number of aryl methyl sites for hydroxylation is 1. The first-order valence-electron chi connectivity index (χ1n) is 10.8. The third-order valence-electron chi connectivity index (χ3n) is 4.88. The number of carbonyl (C=O) groups excluding carboxylic acids is 1. The molecule has 2 aromatic carbocycles. The van der Waals surface area contributed by atoms with E-state index in [4.69, 9.17) is 4.74 Å². The second kappa shape index (κ2) is 9.99. The molecule has 0 aliphatic rings. The molecule has 10 nitrogen and oxygen atoms in total. The lowest BCUT2D eigenvalue weighted by atomic mass is 10.1. The summed E-state index contributed by atoms with van der Waals surface area (Å²) in [4.78, 5) is 25.5. The van der Waals surface area contributed by atoms with Gasteiger partial charge in [0.1, 0.15) is 24.2 Å². The number of benzene rings is 2. The molecule has 0 aliphatic heterocycles. The number of hydrogen-bond donors (Lipinski definition) is 3. The second-order valence-electron chi connectivity index (χ2n) is 7.81. The van der Waals surface area contributed by atoms with Gasteiger partial charge in [-0.3, -0.25) is 4.79 Å². The average molecular weight is 459 g/mol. The number of carbonyl (C=O) groups is 1. The number of nitrogens with one attached hydrogen (secondary N) is 3. The molecule has 174 valence electrons. The van der Waals surface area contributed by atoms with Crippen molar-refractivity contribution in [2.75, 3.05) is 23.0 Å². The molecule has 4 aromatic rings. The van der Waals surface area contributed by atoms with Crippen LogP contribution in [0.2, 0.25) is 0 Å². The molecule has 0 saturated carbocycles. The van der Waals surface area contributed by atoms with Crippen molar-refractivity contribution in [2.24, 2.45) is 0 Å². The predicted octanol–water partition coefficient (Wildman–Crippen LogP) is 4.19. The molecule has 0 atom stereocenters. The molecular weight excluding hydrogens is 432 g/mol. The molecule has 0 radical (unpaired) electrons. The number of anilines is 4. The molecular formula is C24H26N8O2. The van der Waals surface area contributed by atoms with Gasteiger partial charge in [-0.25, -0.2) is 9.97 Å². The SMILES string of the molecule is CNc1cc(-n2ncnc2Nc2cc(NC(=O)c3cccc(OC(C)C)c3)ccc2C)ncn1. The fraction of sp³-hybridized carbons (Fsp3) is 0.208. The van der Waals surface area contributed by atoms with Crippen LogP contribution in [0, 0.1) is 6.92 Å². The van der Waals surface area contributed by atoms with Crippen LogP contribution in [-0.2, 0) is 0 Å². The molecule has 0 spiro atoms. The highest BCUT2D eigenvalue weighted by molar-refractivity contribution is 6.04. The Hall–Kier alpha value is -4.47. The van der Waals surface area contributed by atoms with Gasteiger partial charge in [-0.1, -0.05) is 12.1 Å². The highest BCUT2D eigenvalue weighted by Gasteiger charge is 2.13. The molecule has 0 bridgehead atoms. The molecule has 3 N–H and O–H groups in total. The minimum Gasteiger partial charge on any atom is -0.491 e. The topological polar surface area (TPSA) is 119 Å². The van der Waals surface area contributed by atoms with Crippen molar-refractivity contribution in [1.29, 1.82) is 0 Å². The van der Waals surface area contributed by atoms with Gasteiger partial charge >= 0.3 is 0 Å². The molecule has 34 heavy (non-hydrogen) atoms. The lowest BCUT2D eigenvalue weighted by molar-refractivity contribution is 0.102. The summed E-state index contributed by atoms with van der Waals surface area (Å²) in [5.41, 5.74) is 2.89. The lowest BCUT2D eigenvalue weighted by Gasteiger charge is -2.13. The van der Waals surface area contributed by atoms with Crippen molar-refractivity contribution >= 4 is 29.0 Å². The lowest BCUT2D eigenvalue weighted by Crippen LogP contribution is -2.13. The van der Waals surface area contributed by atoms with Gasteiger partial charge in [-0.05, 0) is 56.7 Å². The van der Waals surface area contributed by atoms with Crippen molar-refractivity contribution < 1.29 is 9.53 Å². The van der Waals surface area contributed by atoms with E-state index in [1.165, 1.54) is 12.7 Å². The Bertz CT molecular complexity index is 1300. The number of nitrogens with zero attached hydrogens (tertiary/aromatic N) is 5. The summed E-state index contributed by atoms with van der Waals surface area (Å²) in [6.45, 7) is 5.85. The van der Waals surface area contributed by atoms with E-state index in [0.717, 1.165) is 11.3 Å². The number of rotatable bonds is 8. The molecule has 2 heterocycles. The van der Waals surface area contributed by atoms with E-state index in [-0.39, 0.29) is 12.0 Å². The molecule has 0 unspecified atom stereocenters. The average Bonchev–Trinajstić information content (AvgIpc) is 3.29. The summed E-state index contributed by atoms with van der Waals surface area (Å²) < 4.78 is 7.27. The predicted molar refractivity (Wildman–Crippen MR) is 131 cm³/mol. The van der Waals surface area contributed by atoms with Crippen molar-refractivity contribution in [3.8, 4) is 11.6 Å². The third kappa shape index (κ3) is 5.29. The van der Waals surface area contributed by atoms with E-state index in [9.17, 15) is 4.79 Å². The zero-order valence-electron chi connectivity index (χ0n) is 19.4. The van der Waals surface area contributed by atoms with E-state index in [2.05, 4.69) is 36.0 Å². The standard InChI is InChI=1S/C24H26N8O2/c1-15(2)34-19-7-5-6-17(10-19)23(33)30-18-9-8-16(3)20(11-18)31-24-28-14-29-32(24)22-12-21(25-4)26-13-27-22/h5-15H,1-4H3,(H,30,33)(H,25,26,27)(H,28,29,31). The monoisotopic (exact) mass is 458 g/mol. The van der Waals surface area contributed by atoms with Gasteiger partial charge in [-0.2, -0.15) is 14.8 Å². The van der Waals surface area contributed by atoms with Crippen LogP contribution in [0.4, 0.5) is 23.1 Å². The maximum atomic E-state index is 12.8. The summed E-state index contributed by atoms with van der Waals surface area (Å²) in [6.07, 6.45) is 2.92. The van der Waals surface area contributed by atoms with Crippen molar-refractivity contribution in [3.05, 3.63) is 72.3 Å². The van der Waals surface area contributed by atoms with Crippen LogP contribution in [0.25, 0.3) is 5.82 Å². The Kier molecular flexibility index (Phi) is 6.67. The highest BCUT2D eigenvalue weighted by atomic mass is 16.5. The molecule has 2 aromatic heterocycles. The summed E-state index contributed by atoms with van der Waals surface area (Å²) in [6, 6.07) is 14.5. The Balaban J connectivity index is 1.54. The molecule has 0 aliphatic carbocycles. The highest BCUT2D eigenvalue weighted by Crippen LogP contribution is 2.25. The Morgan fingerprint density at radius 3 is 2.68 bits per heavy atom. The van der Waals surface area contributed by atoms with Gasteiger partial charge in [0.15, 0.2) is 5.82 Å². The van der Waals surface area contributed by atoms with Crippen LogP contribution in [0.3, 0.4) is 0 Å². The molecule has 10 heteroatoms. The van der Waals surface area contributed by atoms with Crippen LogP contribution in [0.15, 0.2) is 61.2 Å². The summed E-state index contributed by atoms with van der Waals surface area (Å²) in [7, 11) is 1.78. The maximum Gasteiger partial charge on any atom is 0.255 e. The smallest absolute Gasteiger partial charge is 0.255 e. The third-order valence-corrected chi connectivity index (χ3v) is 4.88. The van der Waals surface area contributed by atoms with Crippen LogP contribution >= 0.6 is 0 Å². The Morgan fingerprint density at radius 2 is 1.88 bits per heavy atom. The van der Waals surface area contributed by atoms with Crippen LogP contribution in [-0.4, -0.2) is 43.8 Å². The summed E-state index contributed by atoms with van der Waals surface area (Å²) in [5, 5.41) is 13.5. The quantitative estimate of drug-likeness (QED) is 0.360. The fourth-order valence-corrected chi connectivity index (χ4v) is 3.23. The van der Waals surface area contributed by atoms with Gasteiger partial charge < -0.3 is 20.7 Å². The van der Waals surface area contributed by atoms with Gasteiger partial charge in [-0.15, -0.1) is 0 Å². The zero-order valence-corrected chi connectivity index (χ0v) is 19.4. The van der Waals surface area contributed by atoms with Crippen molar-refractivity contribution in [3.63, 3.8) is 0 Å². The maximum absolute atomic E-state index is 12.8. The Labute approximate surface area is 197 Å². The van der Waals surface area contributed by atoms with Crippen LogP contribution in [0.5, 0.6) is 5.75 Å². The van der Waals surface area contributed by atoms with Crippen LogP contribution in [0.1, 0.15) is 29.8 Å². The van der Waals surface area contributed by atoms with Crippen molar-refractivity contribution in [1.82, 2.24) is 24.7 Å². The first kappa shape index (κ1) is 22.7. The molecule has 4 rings (SSSR count). The fourth-order valence-electron chi connectivity index (χ4n) is 3.23. The van der Waals surface area contributed by atoms with Gasteiger partial charge in [0.2, 0.25) is 5.95 Å². The first-order chi connectivity index (χ1) is 16.4.